The van der Waals surface area contributed by atoms with E-state index in [2.05, 4.69) is 46.2 Å². The maximum Gasteiger partial charge on any atom is 0.392 e. The topological polar surface area (TPSA) is 23.5 Å². The Labute approximate surface area is 256 Å². The highest BCUT2D eigenvalue weighted by Gasteiger charge is 2.51. The molecule has 4 fully saturated rings. The summed E-state index contributed by atoms with van der Waals surface area (Å²) in [5, 5.41) is 11.5. The predicted molar refractivity (Wildman–Crippen MR) is 169 cm³/mol. The van der Waals surface area contributed by atoms with E-state index in [0.717, 1.165) is 44.9 Å². The molecule has 0 radical (unpaired) electrons. The fourth-order valence-electron chi connectivity index (χ4n) is 10.3. The molecule has 2 nitrogen and oxygen atoms in total. The van der Waals surface area contributed by atoms with Crippen LogP contribution in [-0.4, -0.2) is 35.4 Å². The first-order chi connectivity index (χ1) is 19.9. The third-order valence-corrected chi connectivity index (χ3v) is 13.1. The number of alkyl halides is 3. The van der Waals surface area contributed by atoms with Crippen LogP contribution in [0.4, 0.5) is 13.2 Å². The first kappa shape index (κ1) is 34.2. The molecule has 4 aliphatic rings. The van der Waals surface area contributed by atoms with Crippen molar-refractivity contribution >= 4 is 0 Å². The largest absolute Gasteiger partial charge is 0.393 e. The third-order valence-electron chi connectivity index (χ3n) is 13.1. The molecule has 244 valence electrons. The van der Waals surface area contributed by atoms with E-state index in [0.29, 0.717) is 49.0 Å². The van der Waals surface area contributed by atoms with E-state index in [1.54, 1.807) is 0 Å². The molecule has 9 atom stereocenters. The lowest BCUT2D eigenvalue weighted by Crippen LogP contribution is -2.42. The highest BCUT2D eigenvalue weighted by Crippen LogP contribution is 2.56. The summed E-state index contributed by atoms with van der Waals surface area (Å²) in [6.45, 7) is 13.7. The third kappa shape index (κ3) is 7.92. The fourth-order valence-corrected chi connectivity index (χ4v) is 10.3. The molecule has 4 rings (SSSR count). The van der Waals surface area contributed by atoms with E-state index in [-0.39, 0.29) is 29.6 Å². The molecule has 1 aliphatic heterocycles. The van der Waals surface area contributed by atoms with Crippen molar-refractivity contribution in [2.24, 2.45) is 52.8 Å². The number of rotatable bonds is 11. The Morgan fingerprint density at radius 3 is 2.38 bits per heavy atom. The van der Waals surface area contributed by atoms with Crippen molar-refractivity contribution in [3.8, 4) is 0 Å². The van der Waals surface area contributed by atoms with Gasteiger partial charge < -0.3 is 10.0 Å². The number of likely N-dealkylation sites (tertiary alicyclic amines) is 1. The first-order valence-electron chi connectivity index (χ1n) is 18.0. The van der Waals surface area contributed by atoms with Crippen LogP contribution in [0.1, 0.15) is 143 Å². The number of nitrogens with zero attached hydrogens (tertiary/aromatic N) is 1. The minimum absolute atomic E-state index is 0.0105. The lowest BCUT2D eigenvalue weighted by Gasteiger charge is -2.43. The second-order valence-corrected chi connectivity index (χ2v) is 16.0. The van der Waals surface area contributed by atoms with E-state index in [4.69, 9.17) is 0 Å². The predicted octanol–water partition coefficient (Wildman–Crippen LogP) is 10.8. The molecule has 42 heavy (non-hydrogen) atoms. The average molecular weight is 596 g/mol. The normalized spacial score (nSPS) is 35.6. The van der Waals surface area contributed by atoms with Gasteiger partial charge in [0.05, 0.1) is 12.0 Å². The van der Waals surface area contributed by atoms with Crippen LogP contribution in [0.2, 0.25) is 0 Å². The van der Waals surface area contributed by atoms with Crippen LogP contribution in [0, 0.1) is 52.8 Å². The standard InChI is InChI=1S/C37H64F3NO/c1-7-12-29(25(2)3)13-11-14-30-18-16-28(21-33(30)37(38,39)40)22-35(42)31-17-15-26(4)32(23-31)34-24-36(27(5)41(34)6)19-9-8-10-20-36/h25-26,28-35,42H,5,7-24H2,1-4,6H3. The molecule has 9 unspecified atom stereocenters. The molecule has 1 saturated heterocycles. The number of hydrogen-bond donors (Lipinski definition) is 1. The number of hydrogen-bond acceptors (Lipinski definition) is 2. The first-order valence-corrected chi connectivity index (χ1v) is 18.0. The second kappa shape index (κ2) is 14.6. The minimum atomic E-state index is -4.13. The van der Waals surface area contributed by atoms with Crippen LogP contribution in [0.15, 0.2) is 12.3 Å². The Morgan fingerprint density at radius 2 is 1.74 bits per heavy atom. The molecular weight excluding hydrogens is 531 g/mol. The van der Waals surface area contributed by atoms with Gasteiger partial charge >= 0.3 is 6.18 Å². The zero-order valence-electron chi connectivity index (χ0n) is 27.7. The summed E-state index contributed by atoms with van der Waals surface area (Å²) >= 11 is 0. The van der Waals surface area contributed by atoms with Gasteiger partial charge in [-0.2, -0.15) is 13.2 Å². The minimum Gasteiger partial charge on any atom is -0.393 e. The maximum absolute atomic E-state index is 14.3. The molecule has 1 N–H and O–H groups in total. The SMILES string of the molecule is C=C1N(C)C(C2CC(C(O)CC3CCC(CCCC(CCC)C(C)C)C(C(F)(F)F)C3)CCC2C)CC12CCCCC2. The summed E-state index contributed by atoms with van der Waals surface area (Å²) in [6, 6.07) is 0.485. The van der Waals surface area contributed by atoms with Crippen LogP contribution >= 0.6 is 0 Å². The maximum atomic E-state index is 14.3. The average Bonchev–Trinajstić information content (AvgIpc) is 3.17. The Hall–Kier alpha value is -0.710. The monoisotopic (exact) mass is 595 g/mol. The van der Waals surface area contributed by atoms with Crippen molar-refractivity contribution in [2.45, 2.75) is 162 Å². The summed E-state index contributed by atoms with van der Waals surface area (Å²) in [5.41, 5.74) is 1.61. The Bertz CT molecular complexity index is 848. The van der Waals surface area contributed by atoms with E-state index in [1.807, 2.05) is 0 Å². The summed E-state index contributed by atoms with van der Waals surface area (Å²) in [4.78, 5) is 2.49. The molecule has 5 heteroatoms. The molecular formula is C37H64F3NO. The molecule has 0 bridgehead atoms. The fraction of sp³-hybridized carbons (Fsp3) is 0.946. The zero-order valence-corrected chi connectivity index (χ0v) is 27.7. The Morgan fingerprint density at radius 1 is 1.02 bits per heavy atom. The number of aliphatic hydroxyl groups is 1. The van der Waals surface area contributed by atoms with E-state index in [9.17, 15) is 18.3 Å². The van der Waals surface area contributed by atoms with Crippen molar-refractivity contribution in [3.05, 3.63) is 12.3 Å². The van der Waals surface area contributed by atoms with Gasteiger partial charge in [0.2, 0.25) is 0 Å². The van der Waals surface area contributed by atoms with Crippen LogP contribution in [0.25, 0.3) is 0 Å². The molecule has 0 aromatic carbocycles. The quantitative estimate of drug-likeness (QED) is 0.257. The summed E-state index contributed by atoms with van der Waals surface area (Å²) < 4.78 is 42.9. The van der Waals surface area contributed by atoms with Gasteiger partial charge in [0.25, 0.3) is 0 Å². The van der Waals surface area contributed by atoms with E-state index in [1.165, 1.54) is 50.6 Å². The van der Waals surface area contributed by atoms with Crippen molar-refractivity contribution in [1.29, 1.82) is 0 Å². The van der Waals surface area contributed by atoms with Gasteiger partial charge in [0.1, 0.15) is 0 Å². The molecule has 3 aliphatic carbocycles. The van der Waals surface area contributed by atoms with Crippen molar-refractivity contribution < 1.29 is 18.3 Å². The number of aliphatic hydroxyl groups excluding tert-OH is 1. The molecule has 0 aromatic heterocycles. The molecule has 0 aromatic rings. The lowest BCUT2D eigenvalue weighted by molar-refractivity contribution is -0.202. The van der Waals surface area contributed by atoms with Crippen molar-refractivity contribution in [3.63, 3.8) is 0 Å². The zero-order chi connectivity index (χ0) is 30.7. The highest BCUT2D eigenvalue weighted by molar-refractivity contribution is 5.19. The summed E-state index contributed by atoms with van der Waals surface area (Å²) in [6.07, 6.45) is 13.5. The molecule has 1 spiro atoms. The number of halogens is 3. The second-order valence-electron chi connectivity index (χ2n) is 16.0. The highest BCUT2D eigenvalue weighted by atomic mass is 19.4. The van der Waals surface area contributed by atoms with Crippen LogP contribution < -0.4 is 0 Å². The van der Waals surface area contributed by atoms with Gasteiger partial charge in [-0.25, -0.2) is 0 Å². The van der Waals surface area contributed by atoms with Gasteiger partial charge in [0, 0.05) is 24.2 Å². The lowest BCUT2D eigenvalue weighted by atomic mass is 9.65. The summed E-state index contributed by atoms with van der Waals surface area (Å²) in [5.74, 6) is 1.13. The van der Waals surface area contributed by atoms with Gasteiger partial charge in [-0.05, 0) is 99.2 Å². The van der Waals surface area contributed by atoms with Crippen LogP contribution in [0.3, 0.4) is 0 Å². The molecule has 0 amide bonds. The smallest absolute Gasteiger partial charge is 0.392 e. The van der Waals surface area contributed by atoms with E-state index < -0.39 is 18.2 Å². The Kier molecular flexibility index (Phi) is 11.9. The summed E-state index contributed by atoms with van der Waals surface area (Å²) in [7, 11) is 2.24. The van der Waals surface area contributed by atoms with E-state index >= 15 is 0 Å². The molecule has 1 heterocycles. The van der Waals surface area contributed by atoms with Gasteiger partial charge in [-0.15, -0.1) is 0 Å². The number of allylic oxidation sites excluding steroid dienone is 1. The Balaban J connectivity index is 1.32. The van der Waals surface area contributed by atoms with Crippen molar-refractivity contribution in [2.75, 3.05) is 7.05 Å². The van der Waals surface area contributed by atoms with Gasteiger partial charge in [-0.3, -0.25) is 0 Å². The van der Waals surface area contributed by atoms with Crippen LogP contribution in [-0.2, 0) is 0 Å². The van der Waals surface area contributed by atoms with Crippen LogP contribution in [0.5, 0.6) is 0 Å². The van der Waals surface area contributed by atoms with Gasteiger partial charge in [0.15, 0.2) is 0 Å². The van der Waals surface area contributed by atoms with Crippen molar-refractivity contribution in [1.82, 2.24) is 4.90 Å². The van der Waals surface area contributed by atoms with Gasteiger partial charge in [-0.1, -0.05) is 92.1 Å². The molecule has 3 saturated carbocycles.